The first-order chi connectivity index (χ1) is 12.4. The minimum absolute atomic E-state index is 0.179. The van der Waals surface area contributed by atoms with Crippen LogP contribution in [-0.4, -0.2) is 49.8 Å². The van der Waals surface area contributed by atoms with E-state index in [1.54, 1.807) is 0 Å². The van der Waals surface area contributed by atoms with Gasteiger partial charge in [-0.1, -0.05) is 6.07 Å². The zero-order valence-corrected chi connectivity index (χ0v) is 14.7. The molecule has 0 saturated heterocycles. The molecule has 14 heteroatoms. The Bertz CT molecular complexity index is 1240. The number of nitrogens with zero attached hydrogens (tertiary/aromatic N) is 3. The molecule has 0 spiro atoms. The number of nitrogens with two attached hydrogens (primary N) is 1. The van der Waals surface area contributed by atoms with Gasteiger partial charge in [0, 0.05) is 5.39 Å². The summed E-state index contributed by atoms with van der Waals surface area (Å²) in [7, 11) is -10.2. The first-order valence-electron chi connectivity index (χ1n) is 6.91. The summed E-state index contributed by atoms with van der Waals surface area (Å²) in [6.45, 7) is -0.179. The molecule has 0 bridgehead atoms. The Labute approximate surface area is 151 Å². The van der Waals surface area contributed by atoms with E-state index in [1.165, 1.54) is 0 Å². The van der Waals surface area contributed by atoms with E-state index < -0.39 is 52.6 Å². The molecule has 27 heavy (non-hydrogen) atoms. The molecular weight excluding hydrogens is 410 g/mol. The maximum absolute atomic E-state index is 14.9. The van der Waals surface area contributed by atoms with Crippen LogP contribution in [0.4, 0.5) is 8.78 Å². The van der Waals surface area contributed by atoms with Gasteiger partial charge in [0.05, 0.1) is 10.5 Å². The molecule has 0 aromatic heterocycles. The van der Waals surface area contributed by atoms with Crippen LogP contribution in [0.15, 0.2) is 38.0 Å². The summed E-state index contributed by atoms with van der Waals surface area (Å²) in [4.78, 5) is 4.94. The average Bonchev–Trinajstić information content (AvgIpc) is 2.54. The maximum Gasteiger partial charge on any atom is 0.300 e. The number of fused-ring (bicyclic) bond motifs is 1. The number of amidine groups is 1. The van der Waals surface area contributed by atoms with E-state index in [4.69, 9.17) is 10.4 Å². The Kier molecular flexibility index (Phi) is 4.47. The van der Waals surface area contributed by atoms with Crippen LogP contribution in [0.2, 0.25) is 0 Å². The minimum atomic E-state index is -5.39. The van der Waals surface area contributed by atoms with E-state index in [0.717, 1.165) is 23.5 Å². The highest BCUT2D eigenvalue weighted by molar-refractivity contribution is 7.86. The SMILES string of the molecule is NN1CN=CN=C1c1c(F)c(S(=O)(=O)O)c(F)c2cc(S(=O)(=O)O)ccc12. The van der Waals surface area contributed by atoms with Gasteiger partial charge in [0.1, 0.15) is 13.0 Å². The van der Waals surface area contributed by atoms with E-state index in [-0.39, 0.29) is 17.9 Å². The van der Waals surface area contributed by atoms with Gasteiger partial charge >= 0.3 is 0 Å². The maximum atomic E-state index is 14.9. The van der Waals surface area contributed by atoms with Gasteiger partial charge in [0.25, 0.3) is 20.2 Å². The normalized spacial score (nSPS) is 15.3. The van der Waals surface area contributed by atoms with Gasteiger partial charge in [-0.15, -0.1) is 0 Å². The average molecular weight is 420 g/mol. The molecule has 2 aromatic rings. The summed E-state index contributed by atoms with van der Waals surface area (Å²) < 4.78 is 93.6. The summed E-state index contributed by atoms with van der Waals surface area (Å²) in [6.07, 6.45) is 1.01. The van der Waals surface area contributed by atoms with Crippen molar-refractivity contribution in [2.45, 2.75) is 9.79 Å². The number of hydrogen-bond acceptors (Lipinski definition) is 8. The van der Waals surface area contributed by atoms with Gasteiger partial charge in [-0.25, -0.2) is 19.6 Å². The van der Waals surface area contributed by atoms with Crippen molar-refractivity contribution in [2.24, 2.45) is 15.8 Å². The molecular formula is C13H10F2N4O6S2. The molecule has 0 radical (unpaired) electrons. The zero-order chi connectivity index (χ0) is 20.1. The Morgan fingerprint density at radius 1 is 1.04 bits per heavy atom. The van der Waals surface area contributed by atoms with Crippen LogP contribution in [0.3, 0.4) is 0 Å². The monoisotopic (exact) mass is 420 g/mol. The molecule has 0 fully saturated rings. The quantitative estimate of drug-likeness (QED) is 0.478. The van der Waals surface area contributed by atoms with Crippen molar-refractivity contribution < 1.29 is 34.7 Å². The van der Waals surface area contributed by atoms with Crippen molar-refractivity contribution in [3.05, 3.63) is 35.4 Å². The van der Waals surface area contributed by atoms with Crippen LogP contribution in [0.5, 0.6) is 0 Å². The molecule has 10 nitrogen and oxygen atoms in total. The van der Waals surface area contributed by atoms with Gasteiger partial charge < -0.3 is 0 Å². The third-order valence-corrected chi connectivity index (χ3v) is 5.39. The van der Waals surface area contributed by atoms with Crippen molar-refractivity contribution >= 4 is 43.2 Å². The van der Waals surface area contributed by atoms with Crippen LogP contribution in [-0.2, 0) is 20.2 Å². The number of aliphatic imine (C=N–C) groups is 2. The molecule has 2 aromatic carbocycles. The van der Waals surface area contributed by atoms with Crippen LogP contribution in [0.1, 0.15) is 5.56 Å². The fourth-order valence-corrected chi connectivity index (χ4v) is 3.72. The highest BCUT2D eigenvalue weighted by atomic mass is 32.2. The lowest BCUT2D eigenvalue weighted by atomic mass is 10.0. The number of hydrogen-bond donors (Lipinski definition) is 3. The predicted octanol–water partition coefficient (Wildman–Crippen LogP) is 0.533. The largest absolute Gasteiger partial charge is 0.300 e. The second-order valence-corrected chi connectivity index (χ2v) is 8.13. The first kappa shape index (κ1) is 19.2. The Hall–Kier alpha value is -2.52. The summed E-state index contributed by atoms with van der Waals surface area (Å²) in [5.74, 6) is 1.89. The summed E-state index contributed by atoms with van der Waals surface area (Å²) in [6, 6.07) is 2.39. The molecule has 3 rings (SSSR count). The second kappa shape index (κ2) is 6.28. The standard InChI is InChI=1S/C13H10F2N4O6S2/c14-10-8-3-6(26(20,21)22)1-2-7(8)9(11(15)12(10)27(23,24)25)13-18-4-17-5-19(13)16/h1-4H,5,16H2,(H,20,21,22)(H,23,24,25). The zero-order valence-electron chi connectivity index (χ0n) is 13.0. The highest BCUT2D eigenvalue weighted by Crippen LogP contribution is 2.34. The third-order valence-electron chi connectivity index (χ3n) is 3.66. The topological polar surface area (TPSA) is 163 Å². The number of benzene rings is 2. The van der Waals surface area contributed by atoms with Crippen LogP contribution in [0, 0.1) is 11.6 Å². The third kappa shape index (κ3) is 3.28. The van der Waals surface area contributed by atoms with Crippen molar-refractivity contribution in [1.29, 1.82) is 0 Å². The molecule has 0 saturated carbocycles. The van der Waals surface area contributed by atoms with E-state index in [9.17, 15) is 30.2 Å². The van der Waals surface area contributed by atoms with Crippen molar-refractivity contribution in [3.8, 4) is 0 Å². The molecule has 4 N–H and O–H groups in total. The van der Waals surface area contributed by atoms with Gasteiger partial charge in [0.2, 0.25) is 0 Å². The predicted molar refractivity (Wildman–Crippen MR) is 89.4 cm³/mol. The molecule has 144 valence electrons. The molecule has 1 heterocycles. The minimum Gasteiger partial charge on any atom is -0.282 e. The van der Waals surface area contributed by atoms with Crippen LogP contribution in [0.25, 0.3) is 10.8 Å². The Morgan fingerprint density at radius 3 is 2.26 bits per heavy atom. The first-order valence-corrected chi connectivity index (χ1v) is 9.79. The lowest BCUT2D eigenvalue weighted by molar-refractivity contribution is 0.443. The van der Waals surface area contributed by atoms with E-state index in [0.29, 0.717) is 6.07 Å². The van der Waals surface area contributed by atoms with E-state index in [1.807, 2.05) is 0 Å². The molecule has 0 amide bonds. The van der Waals surface area contributed by atoms with Gasteiger partial charge in [-0.05, 0) is 17.5 Å². The lowest BCUT2D eigenvalue weighted by Crippen LogP contribution is -2.40. The summed E-state index contributed by atoms with van der Waals surface area (Å²) in [5.41, 5.74) is -0.602. The van der Waals surface area contributed by atoms with Crippen molar-refractivity contribution in [2.75, 3.05) is 6.67 Å². The molecule has 1 aliphatic heterocycles. The van der Waals surface area contributed by atoms with E-state index in [2.05, 4.69) is 9.98 Å². The second-order valence-electron chi connectivity index (χ2n) is 5.35. The van der Waals surface area contributed by atoms with Crippen molar-refractivity contribution in [1.82, 2.24) is 5.01 Å². The van der Waals surface area contributed by atoms with Crippen LogP contribution >= 0.6 is 0 Å². The summed E-state index contributed by atoms with van der Waals surface area (Å²) in [5, 5.41) is -0.165. The van der Waals surface area contributed by atoms with E-state index >= 15 is 0 Å². The smallest absolute Gasteiger partial charge is 0.282 e. The fraction of sp³-hybridized carbons (Fsp3) is 0.0769. The highest BCUT2D eigenvalue weighted by Gasteiger charge is 2.32. The molecule has 0 atom stereocenters. The van der Waals surface area contributed by atoms with Gasteiger partial charge in [-0.3, -0.25) is 19.1 Å². The number of rotatable bonds is 3. The van der Waals surface area contributed by atoms with Gasteiger partial charge in [-0.2, -0.15) is 16.8 Å². The Morgan fingerprint density at radius 2 is 1.70 bits per heavy atom. The van der Waals surface area contributed by atoms with Gasteiger partial charge in [0.15, 0.2) is 22.4 Å². The summed E-state index contributed by atoms with van der Waals surface area (Å²) >= 11 is 0. The molecule has 0 unspecified atom stereocenters. The van der Waals surface area contributed by atoms with Crippen molar-refractivity contribution in [3.63, 3.8) is 0 Å². The molecule has 0 aliphatic carbocycles. The number of hydrazine groups is 1. The number of halogens is 2. The lowest BCUT2D eigenvalue weighted by Gasteiger charge is -2.23. The molecule has 1 aliphatic rings. The van der Waals surface area contributed by atoms with Crippen LogP contribution < -0.4 is 5.84 Å². The Balaban J connectivity index is 2.55. The fourth-order valence-electron chi connectivity index (χ4n) is 2.55.